The van der Waals surface area contributed by atoms with E-state index in [0.717, 1.165) is 0 Å². The fourth-order valence-corrected chi connectivity index (χ4v) is 2.13. The van der Waals surface area contributed by atoms with Gasteiger partial charge in [0.1, 0.15) is 11.6 Å². The normalized spacial score (nSPS) is 13.2. The van der Waals surface area contributed by atoms with E-state index in [9.17, 15) is 14.3 Å². The Morgan fingerprint density at radius 3 is 2.48 bits per heavy atom. The Balaban J connectivity index is 1.76. The molecule has 0 aliphatic rings. The van der Waals surface area contributed by atoms with Crippen molar-refractivity contribution in [2.45, 2.75) is 25.5 Å². The number of hydrogen-bond donors (Lipinski definition) is 2. The third-order valence-corrected chi connectivity index (χ3v) is 3.41. The van der Waals surface area contributed by atoms with Crippen molar-refractivity contribution in [2.24, 2.45) is 0 Å². The highest BCUT2D eigenvalue weighted by molar-refractivity contribution is 5.76. The number of hydrogen-bond acceptors (Lipinski definition) is 3. The highest BCUT2D eigenvalue weighted by Crippen LogP contribution is 2.17. The van der Waals surface area contributed by atoms with Crippen molar-refractivity contribution in [2.75, 3.05) is 6.61 Å². The van der Waals surface area contributed by atoms with Gasteiger partial charge in [0.2, 0.25) is 5.91 Å². The molecule has 23 heavy (non-hydrogen) atoms. The van der Waals surface area contributed by atoms with E-state index < -0.39 is 12.1 Å². The molecule has 0 heterocycles. The molecule has 5 heteroatoms. The zero-order valence-electron chi connectivity index (χ0n) is 12.9. The Morgan fingerprint density at radius 2 is 1.83 bits per heavy atom. The highest BCUT2D eigenvalue weighted by Gasteiger charge is 2.18. The molecule has 1 amide bonds. The number of rotatable bonds is 7. The maximum absolute atomic E-state index is 12.9. The summed E-state index contributed by atoms with van der Waals surface area (Å²) in [4.78, 5) is 11.9. The van der Waals surface area contributed by atoms with Gasteiger partial charge in [0.15, 0.2) is 0 Å². The minimum absolute atomic E-state index is 0.190. The zero-order valence-corrected chi connectivity index (χ0v) is 12.9. The number of aliphatic hydroxyl groups excluding tert-OH is 1. The van der Waals surface area contributed by atoms with Crippen molar-refractivity contribution in [3.05, 3.63) is 66.0 Å². The molecular formula is C18H20FNO3. The predicted octanol–water partition coefficient (Wildman–Crippen LogP) is 2.83. The summed E-state index contributed by atoms with van der Waals surface area (Å²) in [7, 11) is 0. The Morgan fingerprint density at radius 1 is 1.17 bits per heavy atom. The first kappa shape index (κ1) is 17.0. The first-order valence-electron chi connectivity index (χ1n) is 7.47. The Labute approximate surface area is 134 Å². The number of halogens is 1. The molecule has 0 saturated heterocycles. The van der Waals surface area contributed by atoms with Gasteiger partial charge in [0.05, 0.1) is 25.2 Å². The number of carbonyl (C=O) groups is 1. The van der Waals surface area contributed by atoms with Crippen molar-refractivity contribution in [1.29, 1.82) is 0 Å². The van der Waals surface area contributed by atoms with Crippen molar-refractivity contribution >= 4 is 5.91 Å². The van der Waals surface area contributed by atoms with Gasteiger partial charge in [-0.1, -0.05) is 30.3 Å². The first-order valence-corrected chi connectivity index (χ1v) is 7.47. The molecule has 2 aromatic rings. The second-order valence-electron chi connectivity index (χ2n) is 5.26. The number of ether oxygens (including phenoxy) is 1. The molecule has 0 aromatic heterocycles. The molecule has 2 aromatic carbocycles. The fourth-order valence-electron chi connectivity index (χ4n) is 2.13. The summed E-state index contributed by atoms with van der Waals surface area (Å²) in [6, 6.07) is 14.3. The van der Waals surface area contributed by atoms with Crippen LogP contribution in [0, 0.1) is 5.82 Å². The molecule has 0 spiro atoms. The van der Waals surface area contributed by atoms with Crippen molar-refractivity contribution in [3.8, 4) is 5.75 Å². The van der Waals surface area contributed by atoms with Crippen molar-refractivity contribution < 1.29 is 19.0 Å². The highest BCUT2D eigenvalue weighted by atomic mass is 19.1. The number of nitrogens with one attached hydrogen (secondary N) is 1. The van der Waals surface area contributed by atoms with Gasteiger partial charge in [0, 0.05) is 0 Å². The average molecular weight is 317 g/mol. The summed E-state index contributed by atoms with van der Waals surface area (Å²) >= 11 is 0. The van der Waals surface area contributed by atoms with Crippen LogP contribution >= 0.6 is 0 Å². The lowest BCUT2D eigenvalue weighted by Crippen LogP contribution is -2.37. The molecule has 4 nitrogen and oxygen atoms in total. The Kier molecular flexibility index (Phi) is 6.11. The van der Waals surface area contributed by atoms with E-state index in [4.69, 9.17) is 4.74 Å². The largest absolute Gasteiger partial charge is 0.493 e. The SMILES string of the molecule is C[C@H](NC(=O)CCOc1ccccc1)[C@@H](O)c1ccc(F)cc1. The van der Waals surface area contributed by atoms with Gasteiger partial charge in [-0.25, -0.2) is 4.39 Å². The lowest BCUT2D eigenvalue weighted by atomic mass is 10.0. The number of benzene rings is 2. The third kappa shape index (κ3) is 5.38. The monoisotopic (exact) mass is 317 g/mol. The van der Waals surface area contributed by atoms with Crippen LogP contribution < -0.4 is 10.1 Å². The Bertz CT molecular complexity index is 616. The van der Waals surface area contributed by atoms with Gasteiger partial charge in [-0.2, -0.15) is 0 Å². The molecule has 2 rings (SSSR count). The van der Waals surface area contributed by atoms with Gasteiger partial charge < -0.3 is 15.2 Å². The maximum atomic E-state index is 12.9. The first-order chi connectivity index (χ1) is 11.1. The summed E-state index contributed by atoms with van der Waals surface area (Å²) in [5.41, 5.74) is 0.555. The van der Waals surface area contributed by atoms with E-state index >= 15 is 0 Å². The predicted molar refractivity (Wildman–Crippen MR) is 85.5 cm³/mol. The minimum Gasteiger partial charge on any atom is -0.493 e. The van der Waals surface area contributed by atoms with Crippen LogP contribution in [0.1, 0.15) is 25.0 Å². The van der Waals surface area contributed by atoms with E-state index in [1.165, 1.54) is 24.3 Å². The van der Waals surface area contributed by atoms with E-state index in [2.05, 4.69) is 5.32 Å². The summed E-state index contributed by atoms with van der Waals surface area (Å²) < 4.78 is 18.3. The molecule has 0 bridgehead atoms. The van der Waals surface area contributed by atoms with Gasteiger partial charge in [-0.15, -0.1) is 0 Å². The van der Waals surface area contributed by atoms with E-state index in [-0.39, 0.29) is 24.8 Å². The van der Waals surface area contributed by atoms with Crippen LogP contribution in [0.3, 0.4) is 0 Å². The topological polar surface area (TPSA) is 58.6 Å². The van der Waals surface area contributed by atoms with E-state index in [1.807, 2.05) is 30.3 Å². The second-order valence-corrected chi connectivity index (χ2v) is 5.26. The summed E-state index contributed by atoms with van der Waals surface area (Å²) in [5.74, 6) is 0.130. The van der Waals surface area contributed by atoms with Gasteiger partial charge >= 0.3 is 0 Å². The average Bonchev–Trinajstić information content (AvgIpc) is 2.56. The lowest BCUT2D eigenvalue weighted by Gasteiger charge is -2.20. The van der Waals surface area contributed by atoms with Crippen LogP contribution in [-0.4, -0.2) is 23.7 Å². The van der Waals surface area contributed by atoms with Crippen molar-refractivity contribution in [3.63, 3.8) is 0 Å². The molecule has 0 saturated carbocycles. The molecule has 0 aliphatic carbocycles. The van der Waals surface area contributed by atoms with Gasteiger partial charge in [-0.05, 0) is 36.8 Å². The number of carbonyl (C=O) groups excluding carboxylic acids is 1. The molecule has 0 fully saturated rings. The third-order valence-electron chi connectivity index (χ3n) is 3.41. The van der Waals surface area contributed by atoms with Gasteiger partial charge in [0.25, 0.3) is 0 Å². The van der Waals surface area contributed by atoms with Crippen molar-refractivity contribution in [1.82, 2.24) is 5.32 Å². The Hall–Kier alpha value is -2.40. The molecular weight excluding hydrogens is 297 g/mol. The summed E-state index contributed by atoms with van der Waals surface area (Å²) in [6.45, 7) is 1.96. The maximum Gasteiger partial charge on any atom is 0.223 e. The van der Waals surface area contributed by atoms with Crippen LogP contribution in [0.4, 0.5) is 4.39 Å². The van der Waals surface area contributed by atoms with Crippen LogP contribution in [0.5, 0.6) is 5.75 Å². The summed E-state index contributed by atoms with van der Waals surface area (Å²) in [5, 5.41) is 12.9. The second kappa shape index (κ2) is 8.29. The lowest BCUT2D eigenvalue weighted by molar-refractivity contribution is -0.123. The van der Waals surface area contributed by atoms with Crippen LogP contribution in [0.25, 0.3) is 0 Å². The number of amides is 1. The molecule has 0 aliphatic heterocycles. The zero-order chi connectivity index (χ0) is 16.7. The summed E-state index contributed by atoms with van der Waals surface area (Å²) in [6.07, 6.45) is -0.704. The van der Waals surface area contributed by atoms with Crippen LogP contribution in [0.2, 0.25) is 0 Å². The quantitative estimate of drug-likeness (QED) is 0.825. The molecule has 2 N–H and O–H groups in total. The van der Waals surface area contributed by atoms with E-state index in [0.29, 0.717) is 11.3 Å². The van der Waals surface area contributed by atoms with Crippen LogP contribution in [-0.2, 0) is 4.79 Å². The minimum atomic E-state index is -0.894. The molecule has 2 atom stereocenters. The molecule has 0 unspecified atom stereocenters. The smallest absolute Gasteiger partial charge is 0.223 e. The molecule has 0 radical (unpaired) electrons. The van der Waals surface area contributed by atoms with Crippen LogP contribution in [0.15, 0.2) is 54.6 Å². The number of para-hydroxylation sites is 1. The fraction of sp³-hybridized carbons (Fsp3) is 0.278. The number of aliphatic hydroxyl groups is 1. The van der Waals surface area contributed by atoms with E-state index in [1.54, 1.807) is 6.92 Å². The standard InChI is InChI=1S/C18H20FNO3/c1-13(18(22)14-7-9-15(19)10-8-14)20-17(21)11-12-23-16-5-3-2-4-6-16/h2-10,13,18,22H,11-12H2,1H3,(H,20,21)/t13-,18+/m0/s1. The molecule has 122 valence electrons. The van der Waals surface area contributed by atoms with Gasteiger partial charge in [-0.3, -0.25) is 4.79 Å².